The number of carboxylic acids is 1. The second-order valence-electron chi connectivity index (χ2n) is 5.89. The van der Waals surface area contributed by atoms with Crippen LogP contribution >= 0.6 is 0 Å². The molecule has 122 valence electrons. The maximum atomic E-state index is 12.0. The molecule has 0 aliphatic carbocycles. The van der Waals surface area contributed by atoms with Gasteiger partial charge in [-0.2, -0.15) is 0 Å². The Morgan fingerprint density at radius 1 is 0.864 bits per heavy atom. The molecule has 0 heterocycles. The summed E-state index contributed by atoms with van der Waals surface area (Å²) in [4.78, 5) is 22.4. The fraction of sp³-hybridized carbons (Fsp3) is 0.579. The van der Waals surface area contributed by atoms with E-state index in [2.05, 4.69) is 6.92 Å². The number of rotatable bonds is 12. The summed E-state index contributed by atoms with van der Waals surface area (Å²) in [5, 5.41) is 8.56. The van der Waals surface area contributed by atoms with Crippen molar-refractivity contribution in [2.24, 2.45) is 0 Å². The van der Waals surface area contributed by atoms with Gasteiger partial charge in [0, 0.05) is 18.4 Å². The number of carbonyl (C=O) groups is 2. The van der Waals surface area contributed by atoms with Crippen LogP contribution in [0.2, 0.25) is 0 Å². The van der Waals surface area contributed by atoms with Crippen LogP contribution in [0.5, 0.6) is 0 Å². The van der Waals surface area contributed by atoms with Gasteiger partial charge in [-0.05, 0) is 31.2 Å². The van der Waals surface area contributed by atoms with E-state index in [0.717, 1.165) is 12.0 Å². The highest BCUT2D eigenvalue weighted by atomic mass is 16.4. The first-order chi connectivity index (χ1) is 10.6. The molecule has 3 nitrogen and oxygen atoms in total. The number of Topliss-reactive ketones (excluding diaryl/α,β-unsaturated/α-hetero) is 1. The van der Waals surface area contributed by atoms with Crippen molar-refractivity contribution in [3.63, 3.8) is 0 Å². The summed E-state index contributed by atoms with van der Waals surface area (Å²) in [6, 6.07) is 7.90. The standard InChI is InChI=1S/C19H28O3/c1-2-3-4-5-6-9-16-12-14-17(15-13-16)18(20)10-7-8-11-19(21)22/h12-15H,2-11H2,1H3,(H,21,22). The van der Waals surface area contributed by atoms with Gasteiger partial charge < -0.3 is 5.11 Å². The van der Waals surface area contributed by atoms with Crippen LogP contribution in [-0.2, 0) is 11.2 Å². The Hall–Kier alpha value is -1.64. The fourth-order valence-corrected chi connectivity index (χ4v) is 2.50. The third kappa shape index (κ3) is 7.96. The van der Waals surface area contributed by atoms with Crippen LogP contribution in [0.1, 0.15) is 80.6 Å². The molecule has 1 N–H and O–H groups in total. The lowest BCUT2D eigenvalue weighted by Gasteiger charge is -2.04. The molecule has 22 heavy (non-hydrogen) atoms. The quantitative estimate of drug-likeness (QED) is 0.435. The second-order valence-corrected chi connectivity index (χ2v) is 5.89. The number of unbranched alkanes of at least 4 members (excludes halogenated alkanes) is 5. The van der Waals surface area contributed by atoms with E-state index >= 15 is 0 Å². The first kappa shape index (κ1) is 18.4. The molecule has 0 amide bonds. The Bertz CT molecular complexity index is 448. The van der Waals surface area contributed by atoms with Crippen LogP contribution in [0.4, 0.5) is 0 Å². The van der Waals surface area contributed by atoms with Gasteiger partial charge in [0.05, 0.1) is 0 Å². The van der Waals surface area contributed by atoms with Gasteiger partial charge in [0.2, 0.25) is 0 Å². The normalized spacial score (nSPS) is 10.6. The molecule has 0 atom stereocenters. The van der Waals surface area contributed by atoms with E-state index in [1.807, 2.05) is 24.3 Å². The third-order valence-corrected chi connectivity index (χ3v) is 3.89. The van der Waals surface area contributed by atoms with E-state index < -0.39 is 5.97 Å². The number of carboxylic acid groups (broad SMARTS) is 1. The SMILES string of the molecule is CCCCCCCc1ccc(C(=O)CCCCC(=O)O)cc1. The minimum absolute atomic E-state index is 0.111. The summed E-state index contributed by atoms with van der Waals surface area (Å²) in [6.07, 6.45) is 9.24. The van der Waals surface area contributed by atoms with Crippen LogP contribution in [0.15, 0.2) is 24.3 Å². The molecule has 3 heteroatoms. The minimum Gasteiger partial charge on any atom is -0.481 e. The highest BCUT2D eigenvalue weighted by Gasteiger charge is 2.06. The van der Waals surface area contributed by atoms with Gasteiger partial charge in [-0.15, -0.1) is 0 Å². The van der Waals surface area contributed by atoms with Crippen LogP contribution in [0, 0.1) is 0 Å². The van der Waals surface area contributed by atoms with Crippen molar-refractivity contribution in [3.8, 4) is 0 Å². The van der Waals surface area contributed by atoms with Crippen molar-refractivity contribution in [1.29, 1.82) is 0 Å². The predicted molar refractivity (Wildman–Crippen MR) is 89.3 cm³/mol. The summed E-state index contributed by atoms with van der Waals surface area (Å²) < 4.78 is 0. The summed E-state index contributed by atoms with van der Waals surface area (Å²) in [5.41, 5.74) is 2.03. The lowest BCUT2D eigenvalue weighted by Crippen LogP contribution is -2.01. The molecular formula is C19H28O3. The lowest BCUT2D eigenvalue weighted by atomic mass is 10.0. The molecule has 0 spiro atoms. The van der Waals surface area contributed by atoms with Crippen LogP contribution in [-0.4, -0.2) is 16.9 Å². The Balaban J connectivity index is 2.28. The summed E-state index contributed by atoms with van der Waals surface area (Å²) in [5.74, 6) is -0.685. The van der Waals surface area contributed by atoms with Crippen LogP contribution < -0.4 is 0 Å². The molecule has 0 bridgehead atoms. The maximum Gasteiger partial charge on any atom is 0.303 e. The Morgan fingerprint density at radius 3 is 2.14 bits per heavy atom. The van der Waals surface area contributed by atoms with Crippen LogP contribution in [0.3, 0.4) is 0 Å². The fourth-order valence-electron chi connectivity index (χ4n) is 2.50. The average molecular weight is 304 g/mol. The minimum atomic E-state index is -0.796. The van der Waals surface area contributed by atoms with Gasteiger partial charge >= 0.3 is 5.97 Å². The molecule has 1 rings (SSSR count). The van der Waals surface area contributed by atoms with Crippen molar-refractivity contribution in [2.45, 2.75) is 71.1 Å². The van der Waals surface area contributed by atoms with Crippen molar-refractivity contribution >= 4 is 11.8 Å². The first-order valence-electron chi connectivity index (χ1n) is 8.47. The summed E-state index contributed by atoms with van der Waals surface area (Å²) in [6.45, 7) is 2.22. The molecule has 0 radical (unpaired) electrons. The molecule has 1 aromatic carbocycles. The Labute approximate surface area is 133 Å². The van der Waals surface area contributed by atoms with Crippen molar-refractivity contribution in [2.75, 3.05) is 0 Å². The van der Waals surface area contributed by atoms with Gasteiger partial charge in [-0.3, -0.25) is 9.59 Å². The number of carbonyl (C=O) groups excluding carboxylic acids is 1. The number of aryl methyl sites for hydroxylation is 1. The molecule has 0 aromatic heterocycles. The van der Waals surface area contributed by atoms with E-state index in [1.165, 1.54) is 37.7 Å². The zero-order chi connectivity index (χ0) is 16.2. The molecular weight excluding hydrogens is 276 g/mol. The molecule has 0 fully saturated rings. The average Bonchev–Trinajstić information content (AvgIpc) is 2.51. The van der Waals surface area contributed by atoms with E-state index in [1.54, 1.807) is 0 Å². The highest BCUT2D eigenvalue weighted by Crippen LogP contribution is 2.13. The van der Waals surface area contributed by atoms with Crippen LogP contribution in [0.25, 0.3) is 0 Å². The molecule has 0 aliphatic heterocycles. The summed E-state index contributed by atoms with van der Waals surface area (Å²) >= 11 is 0. The topological polar surface area (TPSA) is 54.4 Å². The highest BCUT2D eigenvalue weighted by molar-refractivity contribution is 5.96. The summed E-state index contributed by atoms with van der Waals surface area (Å²) in [7, 11) is 0. The second kappa shape index (κ2) is 11.0. The predicted octanol–water partition coefficient (Wildman–Crippen LogP) is 5.03. The van der Waals surface area contributed by atoms with E-state index in [-0.39, 0.29) is 12.2 Å². The maximum absolute atomic E-state index is 12.0. The van der Waals surface area contributed by atoms with Gasteiger partial charge in [-0.1, -0.05) is 56.9 Å². The molecule has 1 aromatic rings. The Morgan fingerprint density at radius 2 is 1.50 bits per heavy atom. The lowest BCUT2D eigenvalue weighted by molar-refractivity contribution is -0.137. The zero-order valence-corrected chi connectivity index (χ0v) is 13.6. The van der Waals surface area contributed by atoms with E-state index in [0.29, 0.717) is 19.3 Å². The number of benzene rings is 1. The monoisotopic (exact) mass is 304 g/mol. The van der Waals surface area contributed by atoms with Crippen molar-refractivity contribution < 1.29 is 14.7 Å². The smallest absolute Gasteiger partial charge is 0.303 e. The van der Waals surface area contributed by atoms with E-state index in [4.69, 9.17) is 5.11 Å². The molecule has 0 saturated heterocycles. The van der Waals surface area contributed by atoms with Gasteiger partial charge in [0.25, 0.3) is 0 Å². The molecule has 0 unspecified atom stereocenters. The zero-order valence-electron chi connectivity index (χ0n) is 13.6. The molecule has 0 saturated carbocycles. The third-order valence-electron chi connectivity index (χ3n) is 3.89. The van der Waals surface area contributed by atoms with Gasteiger partial charge in [-0.25, -0.2) is 0 Å². The van der Waals surface area contributed by atoms with E-state index in [9.17, 15) is 9.59 Å². The first-order valence-corrected chi connectivity index (χ1v) is 8.47. The van der Waals surface area contributed by atoms with Crippen molar-refractivity contribution in [3.05, 3.63) is 35.4 Å². The van der Waals surface area contributed by atoms with Crippen molar-refractivity contribution in [1.82, 2.24) is 0 Å². The number of aliphatic carboxylic acids is 1. The Kier molecular flexibility index (Phi) is 9.20. The largest absolute Gasteiger partial charge is 0.481 e. The molecule has 0 aliphatic rings. The number of hydrogen-bond acceptors (Lipinski definition) is 2. The van der Waals surface area contributed by atoms with Gasteiger partial charge in [0.15, 0.2) is 5.78 Å². The van der Waals surface area contributed by atoms with Gasteiger partial charge in [0.1, 0.15) is 0 Å². The number of ketones is 1. The number of hydrogen-bond donors (Lipinski definition) is 1.